The quantitative estimate of drug-likeness (QED) is 0.202. The van der Waals surface area contributed by atoms with Crippen molar-refractivity contribution < 1.29 is 28.3 Å². The van der Waals surface area contributed by atoms with Crippen LogP contribution in [0.25, 0.3) is 11.2 Å². The van der Waals surface area contributed by atoms with Gasteiger partial charge in [-0.3, -0.25) is 9.13 Å². The third kappa shape index (κ3) is 6.73. The standard InChI is InChI=1S/C17H23ClN6O6P2/c1-11(2)24-9-20-14-15(21-13-5-3-4-12(18)8-13)22-17(23-16(14)24)19-6-7-30-32(28,29)10-31(25,26)27/h3-5,8-9,11H,6-7,10H2,1-2H3,(H,28,29)(H2,25,26,27)(H2,19,21,22,23). The lowest BCUT2D eigenvalue weighted by Crippen LogP contribution is -2.13. The highest BCUT2D eigenvalue weighted by molar-refractivity contribution is 7.70. The number of imidazole rings is 1. The van der Waals surface area contributed by atoms with Gasteiger partial charge in [0.1, 0.15) is 0 Å². The van der Waals surface area contributed by atoms with Crippen LogP contribution in [0.15, 0.2) is 30.6 Å². The lowest BCUT2D eigenvalue weighted by Gasteiger charge is -2.14. The van der Waals surface area contributed by atoms with Crippen LogP contribution in [-0.2, 0) is 13.7 Å². The zero-order chi connectivity index (χ0) is 23.5. The summed E-state index contributed by atoms with van der Waals surface area (Å²) in [6, 6.07) is 7.17. The Morgan fingerprint density at radius 1 is 1.22 bits per heavy atom. The van der Waals surface area contributed by atoms with Gasteiger partial charge >= 0.3 is 15.2 Å². The van der Waals surface area contributed by atoms with Gasteiger partial charge in [-0.05, 0) is 32.0 Å². The van der Waals surface area contributed by atoms with E-state index in [2.05, 4.69) is 25.6 Å². The van der Waals surface area contributed by atoms with Crippen molar-refractivity contribution >= 4 is 55.4 Å². The number of rotatable bonds is 10. The third-order valence-corrected chi connectivity index (χ3v) is 7.83. The Bertz CT molecular complexity index is 1200. The van der Waals surface area contributed by atoms with Crippen LogP contribution in [0.1, 0.15) is 19.9 Å². The number of nitrogens with one attached hydrogen (secondary N) is 2. The van der Waals surface area contributed by atoms with Gasteiger partial charge in [0.25, 0.3) is 0 Å². The molecule has 0 bridgehead atoms. The summed E-state index contributed by atoms with van der Waals surface area (Å²) in [6.07, 6.45) is 1.66. The Kier molecular flexibility index (Phi) is 7.57. The van der Waals surface area contributed by atoms with Crippen molar-refractivity contribution in [2.75, 3.05) is 29.7 Å². The first-order valence-electron chi connectivity index (χ1n) is 9.45. The summed E-state index contributed by atoms with van der Waals surface area (Å²) < 4.78 is 29.3. The maximum Gasteiger partial charge on any atom is 0.340 e. The number of fused-ring (bicyclic) bond motifs is 1. The molecule has 0 fully saturated rings. The molecular weight excluding hydrogens is 482 g/mol. The number of nitrogens with zero attached hydrogens (tertiary/aromatic N) is 4. The molecule has 15 heteroatoms. The Hall–Kier alpha value is -2.04. The maximum atomic E-state index is 11.7. The van der Waals surface area contributed by atoms with E-state index >= 15 is 0 Å². The summed E-state index contributed by atoms with van der Waals surface area (Å²) in [6.45, 7) is 3.68. The van der Waals surface area contributed by atoms with Crippen LogP contribution < -0.4 is 10.6 Å². The molecule has 0 aliphatic heterocycles. The summed E-state index contributed by atoms with van der Waals surface area (Å²) in [7, 11) is -9.11. The molecule has 174 valence electrons. The molecule has 0 spiro atoms. The molecule has 0 amide bonds. The minimum absolute atomic E-state index is 0.0175. The van der Waals surface area contributed by atoms with E-state index in [1.165, 1.54) is 0 Å². The molecular formula is C17H23ClN6O6P2. The largest absolute Gasteiger partial charge is 0.352 e. The van der Waals surface area contributed by atoms with Crippen molar-refractivity contribution in [1.82, 2.24) is 19.5 Å². The van der Waals surface area contributed by atoms with Crippen molar-refractivity contribution in [3.05, 3.63) is 35.6 Å². The predicted molar refractivity (Wildman–Crippen MR) is 122 cm³/mol. The van der Waals surface area contributed by atoms with E-state index in [1.54, 1.807) is 24.5 Å². The summed E-state index contributed by atoms with van der Waals surface area (Å²) in [5.41, 5.74) is 1.81. The fraction of sp³-hybridized carbons (Fsp3) is 0.353. The molecule has 1 unspecified atom stereocenters. The first-order valence-corrected chi connectivity index (χ1v) is 13.4. The number of benzene rings is 1. The van der Waals surface area contributed by atoms with E-state index in [-0.39, 0.29) is 25.1 Å². The van der Waals surface area contributed by atoms with Gasteiger partial charge in [-0.1, -0.05) is 17.7 Å². The van der Waals surface area contributed by atoms with Crippen LogP contribution in [0, 0.1) is 0 Å². The average Bonchev–Trinajstić information content (AvgIpc) is 3.08. The zero-order valence-electron chi connectivity index (χ0n) is 17.2. The van der Waals surface area contributed by atoms with E-state index in [0.717, 1.165) is 0 Å². The van der Waals surface area contributed by atoms with Crippen LogP contribution >= 0.6 is 26.8 Å². The predicted octanol–water partition coefficient (Wildman–Crippen LogP) is 3.55. The van der Waals surface area contributed by atoms with Gasteiger partial charge in [0.2, 0.25) is 5.95 Å². The highest BCUT2D eigenvalue weighted by Crippen LogP contribution is 2.55. The first kappa shape index (κ1) is 24.6. The molecule has 1 aromatic carbocycles. The molecule has 3 rings (SSSR count). The summed E-state index contributed by atoms with van der Waals surface area (Å²) in [5.74, 6) is -0.616. The van der Waals surface area contributed by atoms with Crippen molar-refractivity contribution in [2.24, 2.45) is 0 Å². The van der Waals surface area contributed by atoms with E-state index in [4.69, 9.17) is 25.9 Å². The van der Waals surface area contributed by atoms with Gasteiger partial charge in [-0.15, -0.1) is 0 Å². The summed E-state index contributed by atoms with van der Waals surface area (Å²) in [4.78, 5) is 40.5. The molecule has 0 aliphatic carbocycles. The van der Waals surface area contributed by atoms with E-state index in [0.29, 0.717) is 27.7 Å². The lowest BCUT2D eigenvalue weighted by atomic mass is 10.3. The number of aromatic nitrogens is 4. The van der Waals surface area contributed by atoms with Crippen LogP contribution in [-0.4, -0.2) is 53.3 Å². The first-order chi connectivity index (χ1) is 14.9. The lowest BCUT2D eigenvalue weighted by molar-refractivity contribution is 0.270. The van der Waals surface area contributed by atoms with Crippen molar-refractivity contribution in [3.8, 4) is 0 Å². The van der Waals surface area contributed by atoms with E-state index in [9.17, 15) is 14.0 Å². The highest BCUT2D eigenvalue weighted by atomic mass is 35.5. The molecule has 0 radical (unpaired) electrons. The Labute approximate surface area is 188 Å². The summed E-state index contributed by atoms with van der Waals surface area (Å²) in [5, 5.41) is 6.60. The second-order valence-electron chi connectivity index (χ2n) is 7.15. The number of halogens is 1. The fourth-order valence-corrected chi connectivity index (χ4v) is 5.54. The molecule has 12 nitrogen and oxygen atoms in total. The minimum Gasteiger partial charge on any atom is -0.352 e. The van der Waals surface area contributed by atoms with Crippen molar-refractivity contribution in [1.29, 1.82) is 0 Å². The van der Waals surface area contributed by atoms with E-state index in [1.807, 2.05) is 24.5 Å². The van der Waals surface area contributed by atoms with Gasteiger partial charge in [0.05, 0.1) is 12.9 Å². The van der Waals surface area contributed by atoms with Crippen molar-refractivity contribution in [2.45, 2.75) is 19.9 Å². The van der Waals surface area contributed by atoms with Gasteiger partial charge in [0, 0.05) is 23.3 Å². The minimum atomic E-state index is -4.68. The van der Waals surface area contributed by atoms with Gasteiger partial charge in [0.15, 0.2) is 22.9 Å². The molecule has 3 aromatic rings. The average molecular weight is 505 g/mol. The van der Waals surface area contributed by atoms with Gasteiger partial charge in [-0.25, -0.2) is 4.98 Å². The molecule has 2 heterocycles. The second kappa shape index (κ2) is 9.84. The van der Waals surface area contributed by atoms with Crippen LogP contribution in [0.3, 0.4) is 0 Å². The second-order valence-corrected chi connectivity index (χ2v) is 11.6. The highest BCUT2D eigenvalue weighted by Gasteiger charge is 2.30. The number of hydrogen-bond donors (Lipinski definition) is 5. The van der Waals surface area contributed by atoms with Gasteiger partial charge in [-0.2, -0.15) is 9.97 Å². The molecule has 1 atom stereocenters. The topological polar surface area (TPSA) is 172 Å². The van der Waals surface area contributed by atoms with Crippen LogP contribution in [0.4, 0.5) is 17.5 Å². The molecule has 0 saturated carbocycles. The number of hydrogen-bond acceptors (Lipinski definition) is 8. The molecule has 0 saturated heterocycles. The fourth-order valence-electron chi connectivity index (χ4n) is 2.79. The normalized spacial score (nSPS) is 14.0. The zero-order valence-corrected chi connectivity index (χ0v) is 19.8. The van der Waals surface area contributed by atoms with Gasteiger partial charge < -0.3 is 34.4 Å². The molecule has 0 aliphatic rings. The van der Waals surface area contributed by atoms with Crippen molar-refractivity contribution in [3.63, 3.8) is 0 Å². The van der Waals surface area contributed by atoms with E-state index < -0.39 is 21.1 Å². The molecule has 32 heavy (non-hydrogen) atoms. The third-order valence-electron chi connectivity index (χ3n) is 4.11. The number of anilines is 3. The maximum absolute atomic E-state index is 11.7. The Balaban J connectivity index is 1.80. The Morgan fingerprint density at radius 3 is 2.62 bits per heavy atom. The smallest absolute Gasteiger partial charge is 0.340 e. The van der Waals surface area contributed by atoms with Crippen LogP contribution in [0.2, 0.25) is 5.02 Å². The molecule has 2 aromatic heterocycles. The SMILES string of the molecule is CC(C)n1cnc2c(Nc3cccc(Cl)c3)nc(NCCOP(=O)(O)CP(=O)(O)O)nc21. The summed E-state index contributed by atoms with van der Waals surface area (Å²) >= 11 is 6.06. The monoisotopic (exact) mass is 504 g/mol. The molecule has 5 N–H and O–H groups in total. The van der Waals surface area contributed by atoms with Crippen LogP contribution in [0.5, 0.6) is 0 Å². The Morgan fingerprint density at radius 2 is 1.97 bits per heavy atom.